The van der Waals surface area contributed by atoms with Crippen LogP contribution in [0, 0.1) is 0 Å². The number of alkyl carbamates (subject to hydrolysis) is 1. The normalized spacial score (nSPS) is 12.1. The highest BCUT2D eigenvalue weighted by Crippen LogP contribution is 2.13. The van der Waals surface area contributed by atoms with Crippen LogP contribution < -0.4 is 9.88 Å². The molecule has 0 aliphatic carbocycles. The van der Waals surface area contributed by atoms with Gasteiger partial charge in [-0.3, -0.25) is 0 Å². The highest BCUT2D eigenvalue weighted by atomic mass is 32.1. The van der Waals surface area contributed by atoms with E-state index in [1.54, 1.807) is 18.4 Å². The number of amides is 1. The zero-order valence-corrected chi connectivity index (χ0v) is 24.9. The zero-order chi connectivity index (χ0) is 26.7. The van der Waals surface area contributed by atoms with E-state index in [2.05, 4.69) is 33.9 Å². The van der Waals surface area contributed by atoms with Crippen LogP contribution >= 0.6 is 11.3 Å². The lowest BCUT2D eigenvalue weighted by molar-refractivity contribution is -0.692. The number of hydrogen-bond acceptors (Lipinski definition) is 5. The van der Waals surface area contributed by atoms with Crippen LogP contribution in [0.5, 0.6) is 0 Å². The number of nitrogens with zero attached hydrogens (tertiary/aromatic N) is 1. The second kappa shape index (κ2) is 26.4. The van der Waals surface area contributed by atoms with Gasteiger partial charge >= 0.3 is 6.09 Å². The van der Waals surface area contributed by atoms with Crippen LogP contribution in [0.25, 0.3) is 0 Å². The van der Waals surface area contributed by atoms with Gasteiger partial charge in [0.2, 0.25) is 5.51 Å². The molecule has 0 aliphatic rings. The molecule has 1 aromatic rings. The van der Waals surface area contributed by atoms with E-state index in [9.17, 15) is 4.79 Å². The molecule has 0 bridgehead atoms. The van der Waals surface area contributed by atoms with Gasteiger partial charge in [0.15, 0.2) is 6.20 Å². The molecular formula is C30H57N2O4S+. The lowest BCUT2D eigenvalue weighted by Gasteiger charge is -2.16. The predicted molar refractivity (Wildman–Crippen MR) is 154 cm³/mol. The van der Waals surface area contributed by atoms with Gasteiger partial charge in [0.1, 0.15) is 19.3 Å². The molecular weight excluding hydrogens is 484 g/mol. The van der Waals surface area contributed by atoms with Crippen molar-refractivity contribution >= 4 is 17.4 Å². The first kappa shape index (κ1) is 33.8. The van der Waals surface area contributed by atoms with Gasteiger partial charge in [0.05, 0.1) is 12.0 Å². The molecule has 1 N–H and O–H groups in total. The number of aryl methyl sites for hydroxylation is 1. The smallest absolute Gasteiger partial charge is 0.407 e. The monoisotopic (exact) mass is 541 g/mol. The molecule has 0 radical (unpaired) electrons. The van der Waals surface area contributed by atoms with E-state index in [0.29, 0.717) is 19.8 Å². The van der Waals surface area contributed by atoms with Crippen LogP contribution in [0.2, 0.25) is 0 Å². The van der Waals surface area contributed by atoms with Crippen molar-refractivity contribution in [3.63, 3.8) is 0 Å². The number of methoxy groups -OCH3 is 1. The Morgan fingerprint density at radius 1 is 0.811 bits per heavy atom. The van der Waals surface area contributed by atoms with Crippen molar-refractivity contribution in [3.8, 4) is 0 Å². The first-order chi connectivity index (χ1) is 18.3. The molecule has 0 saturated carbocycles. The van der Waals surface area contributed by atoms with Crippen molar-refractivity contribution in [1.82, 2.24) is 5.32 Å². The number of aromatic nitrogens is 1. The van der Waals surface area contributed by atoms with Gasteiger partial charge in [-0.05, 0) is 12.8 Å². The molecule has 0 fully saturated rings. The Morgan fingerprint density at radius 2 is 1.41 bits per heavy atom. The van der Waals surface area contributed by atoms with Crippen LogP contribution in [-0.2, 0) is 20.8 Å². The Balaban J connectivity index is 1.80. The van der Waals surface area contributed by atoms with E-state index in [-0.39, 0.29) is 18.8 Å². The van der Waals surface area contributed by atoms with Gasteiger partial charge in [0.25, 0.3) is 0 Å². The Labute approximate surface area is 231 Å². The quantitative estimate of drug-likeness (QED) is 0.0910. The fourth-order valence-corrected chi connectivity index (χ4v) is 5.00. The van der Waals surface area contributed by atoms with E-state index >= 15 is 0 Å². The third-order valence-electron chi connectivity index (χ3n) is 6.82. The summed E-state index contributed by atoms with van der Waals surface area (Å²) < 4.78 is 18.5. The third-order valence-corrected chi connectivity index (χ3v) is 7.49. The molecule has 1 amide bonds. The van der Waals surface area contributed by atoms with Crippen LogP contribution in [0.1, 0.15) is 122 Å². The van der Waals surface area contributed by atoms with Gasteiger partial charge in [-0.1, -0.05) is 115 Å². The molecule has 1 heterocycles. The maximum absolute atomic E-state index is 11.9. The summed E-state index contributed by atoms with van der Waals surface area (Å²) in [4.78, 5) is 11.9. The average molecular weight is 542 g/mol. The predicted octanol–water partition coefficient (Wildman–Crippen LogP) is 7.84. The molecule has 6 nitrogen and oxygen atoms in total. The molecule has 1 rings (SSSR count). The van der Waals surface area contributed by atoms with Crippen molar-refractivity contribution in [2.45, 2.75) is 135 Å². The highest BCUT2D eigenvalue weighted by molar-refractivity contribution is 7.07. The maximum Gasteiger partial charge on any atom is 0.407 e. The summed E-state index contributed by atoms with van der Waals surface area (Å²) in [5, 5.41) is 4.93. The standard InChI is InChI=1S/C30H56N2O4S/c1-3-4-5-6-7-8-9-10-11-12-13-14-15-16-17-18-21-31-30(33)36-27-29(34-2)26-35-24-20-19-22-32-23-25-37-28-32/h23,25,28-29H,3-22,24,26-27H2,1-2H3/p+1/t29-/m1/s1. The third kappa shape index (κ3) is 22.5. The number of thiazole rings is 1. The minimum absolute atomic E-state index is 0.214. The van der Waals surface area contributed by atoms with E-state index in [4.69, 9.17) is 14.2 Å². The van der Waals surface area contributed by atoms with Crippen LogP contribution in [-0.4, -0.2) is 45.7 Å². The van der Waals surface area contributed by atoms with Crippen molar-refractivity contribution in [1.29, 1.82) is 0 Å². The van der Waals surface area contributed by atoms with Crippen LogP contribution in [0.3, 0.4) is 0 Å². The molecule has 0 unspecified atom stereocenters. The van der Waals surface area contributed by atoms with Gasteiger partial charge in [-0.15, -0.1) is 0 Å². The van der Waals surface area contributed by atoms with Crippen molar-refractivity contribution in [3.05, 3.63) is 17.1 Å². The lowest BCUT2D eigenvalue weighted by Crippen LogP contribution is -2.31. The summed E-state index contributed by atoms with van der Waals surface area (Å²) in [7, 11) is 1.62. The second-order valence-electron chi connectivity index (χ2n) is 10.2. The number of ether oxygens (including phenoxy) is 3. The van der Waals surface area contributed by atoms with Crippen molar-refractivity contribution in [2.75, 3.05) is 33.5 Å². The minimum Gasteiger partial charge on any atom is -0.447 e. The number of carbonyl (C=O) groups is 1. The maximum atomic E-state index is 11.9. The topological polar surface area (TPSA) is 60.7 Å². The Hall–Kier alpha value is -1.18. The minimum atomic E-state index is -0.365. The Kier molecular flexibility index (Phi) is 24.2. The number of carbonyl (C=O) groups excluding carboxylic acids is 1. The van der Waals surface area contributed by atoms with Gasteiger partial charge < -0.3 is 19.5 Å². The van der Waals surface area contributed by atoms with E-state index in [0.717, 1.165) is 32.2 Å². The molecule has 0 aliphatic heterocycles. The second-order valence-corrected chi connectivity index (χ2v) is 11.0. The van der Waals surface area contributed by atoms with Gasteiger partial charge in [0, 0.05) is 26.7 Å². The zero-order valence-electron chi connectivity index (χ0n) is 24.1. The summed E-state index contributed by atoms with van der Waals surface area (Å²) in [6.07, 6.45) is 25.2. The number of unbranched alkanes of at least 4 members (excludes halogenated alkanes) is 16. The molecule has 1 aromatic heterocycles. The Morgan fingerprint density at radius 3 is 1.95 bits per heavy atom. The van der Waals surface area contributed by atoms with Crippen LogP contribution in [0.15, 0.2) is 17.1 Å². The highest BCUT2D eigenvalue weighted by Gasteiger charge is 2.11. The van der Waals surface area contributed by atoms with Crippen molar-refractivity contribution in [2.24, 2.45) is 0 Å². The summed E-state index contributed by atoms with van der Waals surface area (Å²) >= 11 is 1.71. The molecule has 37 heavy (non-hydrogen) atoms. The van der Waals surface area contributed by atoms with Crippen molar-refractivity contribution < 1.29 is 23.6 Å². The summed E-state index contributed by atoms with van der Waals surface area (Å²) in [5.41, 5.74) is 2.12. The molecule has 0 spiro atoms. The average Bonchev–Trinajstić information content (AvgIpc) is 3.43. The van der Waals surface area contributed by atoms with E-state index < -0.39 is 0 Å². The first-order valence-corrected chi connectivity index (χ1v) is 16.1. The summed E-state index contributed by atoms with van der Waals surface area (Å²) in [6.45, 7) is 5.32. The molecule has 0 saturated heterocycles. The van der Waals surface area contributed by atoms with Gasteiger partial charge in [-0.2, -0.15) is 4.57 Å². The molecule has 0 aromatic carbocycles. The number of rotatable bonds is 27. The largest absolute Gasteiger partial charge is 0.447 e. The lowest BCUT2D eigenvalue weighted by atomic mass is 10.0. The first-order valence-electron chi connectivity index (χ1n) is 15.2. The SMILES string of the molecule is CCCCCCCCCCCCCCCCCCNC(=O)OC[C@@H](COCCCC[n+]1ccsc1)OC. The van der Waals surface area contributed by atoms with Crippen LogP contribution in [0.4, 0.5) is 4.79 Å². The molecule has 7 heteroatoms. The fraction of sp³-hybridized carbons (Fsp3) is 0.867. The van der Waals surface area contributed by atoms with E-state index in [1.807, 2.05) is 0 Å². The van der Waals surface area contributed by atoms with Gasteiger partial charge in [-0.25, -0.2) is 4.79 Å². The molecule has 216 valence electrons. The summed E-state index contributed by atoms with van der Waals surface area (Å²) in [6, 6.07) is 0. The fourth-order valence-electron chi connectivity index (χ4n) is 4.37. The summed E-state index contributed by atoms with van der Waals surface area (Å²) in [5.74, 6) is 0. The Bertz CT molecular complexity index is 600. The van der Waals surface area contributed by atoms with E-state index in [1.165, 1.54) is 89.9 Å². The number of nitrogens with one attached hydrogen (secondary N) is 1. The molecule has 1 atom stereocenters. The number of hydrogen-bond donors (Lipinski definition) is 1.